The van der Waals surface area contributed by atoms with Gasteiger partial charge >= 0.3 is 5.97 Å². The smallest absolute Gasteiger partial charge is 0.331 e. The van der Waals surface area contributed by atoms with Crippen molar-refractivity contribution in [2.45, 2.75) is 55.8 Å². The van der Waals surface area contributed by atoms with Gasteiger partial charge in [0.15, 0.2) is 5.60 Å². The summed E-state index contributed by atoms with van der Waals surface area (Å²) in [5.74, 6) is -0.101. The van der Waals surface area contributed by atoms with Crippen molar-refractivity contribution in [1.29, 1.82) is 0 Å². The Morgan fingerprint density at radius 3 is 2.61 bits per heavy atom. The molecule has 0 unspecified atom stereocenters. The van der Waals surface area contributed by atoms with E-state index in [0.717, 1.165) is 39.0 Å². The molecular formula is C23H29N3O2. The molecule has 1 saturated carbocycles. The number of anilines is 1. The van der Waals surface area contributed by atoms with Gasteiger partial charge in [-0.3, -0.25) is 9.80 Å². The number of carbonyl (C=O) groups excluding carboxylic acids is 1. The molecule has 28 heavy (non-hydrogen) atoms. The SMILES string of the molecule is O=C1C=C2C[C@H](N3CCN(c4ccccc4)CC3)[C@@H]3C[C@@]2(O1)[C@H]1CCCCN31. The normalized spacial score (nSPS) is 38.0. The molecule has 4 atom stereocenters. The number of ether oxygens (including phenoxy) is 1. The first kappa shape index (κ1) is 17.0. The zero-order valence-corrected chi connectivity index (χ0v) is 16.4. The van der Waals surface area contributed by atoms with Crippen LogP contribution >= 0.6 is 0 Å². The summed E-state index contributed by atoms with van der Waals surface area (Å²) in [4.78, 5) is 20.1. The van der Waals surface area contributed by atoms with Crippen LogP contribution in [0.15, 0.2) is 42.0 Å². The summed E-state index contributed by atoms with van der Waals surface area (Å²) >= 11 is 0. The summed E-state index contributed by atoms with van der Waals surface area (Å²) in [6.07, 6.45) is 7.58. The lowest BCUT2D eigenvalue weighted by Gasteiger charge is -2.46. The highest BCUT2D eigenvalue weighted by Crippen LogP contribution is 2.54. The third-order valence-corrected chi connectivity index (χ3v) is 7.92. The number of hydrogen-bond donors (Lipinski definition) is 0. The van der Waals surface area contributed by atoms with Crippen LogP contribution in [0, 0.1) is 0 Å². The standard InChI is InChI=1S/C23H29N3O2/c27-22-15-17-14-19(20-16-23(17,28-22)21-8-4-5-9-26(20)21)25-12-10-24(11-13-25)18-6-2-1-3-7-18/h1-3,6-7,15,19-21H,4-5,8-14,16H2/t19-,20-,21+,23-/m0/s1. The lowest BCUT2D eigenvalue weighted by molar-refractivity contribution is -0.148. The second-order valence-electron chi connectivity index (χ2n) is 9.13. The zero-order valence-electron chi connectivity index (χ0n) is 16.4. The van der Waals surface area contributed by atoms with E-state index in [1.54, 1.807) is 0 Å². The lowest BCUT2D eigenvalue weighted by Crippen LogP contribution is -2.57. The Morgan fingerprint density at radius 1 is 0.964 bits per heavy atom. The van der Waals surface area contributed by atoms with Gasteiger partial charge in [0, 0.05) is 56.4 Å². The molecule has 5 aliphatic rings. The second-order valence-corrected chi connectivity index (χ2v) is 9.13. The maximum absolute atomic E-state index is 12.2. The van der Waals surface area contributed by atoms with Gasteiger partial charge in [-0.2, -0.15) is 0 Å². The van der Waals surface area contributed by atoms with Gasteiger partial charge < -0.3 is 9.64 Å². The number of nitrogens with zero attached hydrogens (tertiary/aromatic N) is 3. The first-order valence-electron chi connectivity index (χ1n) is 11.0. The molecule has 2 bridgehead atoms. The predicted molar refractivity (Wildman–Crippen MR) is 108 cm³/mol. The molecule has 1 aromatic carbocycles. The van der Waals surface area contributed by atoms with Crippen molar-refractivity contribution in [3.63, 3.8) is 0 Å². The predicted octanol–water partition coefficient (Wildman–Crippen LogP) is 2.43. The third-order valence-electron chi connectivity index (χ3n) is 7.92. The minimum Gasteiger partial charge on any atom is -0.450 e. The number of esters is 1. The van der Waals surface area contributed by atoms with Crippen LogP contribution in [-0.4, -0.2) is 72.2 Å². The summed E-state index contributed by atoms with van der Waals surface area (Å²) in [6, 6.07) is 12.2. The van der Waals surface area contributed by atoms with Crippen molar-refractivity contribution in [1.82, 2.24) is 9.80 Å². The molecule has 0 amide bonds. The molecule has 0 radical (unpaired) electrons. The topological polar surface area (TPSA) is 36.0 Å². The van der Waals surface area contributed by atoms with Crippen LogP contribution < -0.4 is 4.90 Å². The molecule has 1 aromatic rings. The molecule has 0 N–H and O–H groups in total. The quantitative estimate of drug-likeness (QED) is 0.738. The molecule has 1 spiro atoms. The van der Waals surface area contributed by atoms with Gasteiger partial charge in [0.05, 0.1) is 6.04 Å². The Bertz CT molecular complexity index is 801. The van der Waals surface area contributed by atoms with Crippen molar-refractivity contribution in [2.75, 3.05) is 37.6 Å². The van der Waals surface area contributed by atoms with Crippen molar-refractivity contribution in [3.8, 4) is 0 Å². The van der Waals surface area contributed by atoms with E-state index in [4.69, 9.17) is 4.74 Å². The van der Waals surface area contributed by atoms with E-state index in [1.165, 1.54) is 37.1 Å². The number of para-hydroxylation sites is 1. The Labute approximate surface area is 166 Å². The fourth-order valence-corrected chi connectivity index (χ4v) is 6.68. The maximum Gasteiger partial charge on any atom is 0.331 e. The van der Waals surface area contributed by atoms with E-state index >= 15 is 0 Å². The molecule has 5 nitrogen and oxygen atoms in total. The van der Waals surface area contributed by atoms with E-state index in [9.17, 15) is 4.79 Å². The highest BCUT2D eigenvalue weighted by Gasteiger charge is 2.64. The van der Waals surface area contributed by atoms with E-state index < -0.39 is 0 Å². The first-order chi connectivity index (χ1) is 13.7. The van der Waals surface area contributed by atoms with Crippen molar-refractivity contribution in [2.24, 2.45) is 0 Å². The fraction of sp³-hybridized carbons (Fsp3) is 0.609. The Morgan fingerprint density at radius 2 is 1.79 bits per heavy atom. The average molecular weight is 380 g/mol. The minimum absolute atomic E-state index is 0.101. The number of rotatable bonds is 2. The molecule has 5 heteroatoms. The summed E-state index contributed by atoms with van der Waals surface area (Å²) < 4.78 is 6.02. The van der Waals surface area contributed by atoms with Gasteiger partial charge in [-0.05, 0) is 43.5 Å². The van der Waals surface area contributed by atoms with Crippen LogP contribution in [-0.2, 0) is 9.53 Å². The molecule has 4 aliphatic heterocycles. The van der Waals surface area contributed by atoms with Crippen LogP contribution in [0.5, 0.6) is 0 Å². The van der Waals surface area contributed by atoms with Gasteiger partial charge in [-0.25, -0.2) is 4.79 Å². The number of piperidine rings is 1. The molecular weight excluding hydrogens is 350 g/mol. The second kappa shape index (κ2) is 6.33. The van der Waals surface area contributed by atoms with Crippen LogP contribution in [0.1, 0.15) is 32.1 Å². The monoisotopic (exact) mass is 379 g/mol. The third kappa shape index (κ3) is 2.42. The van der Waals surface area contributed by atoms with E-state index in [0.29, 0.717) is 18.1 Å². The van der Waals surface area contributed by atoms with E-state index in [-0.39, 0.29) is 11.6 Å². The van der Waals surface area contributed by atoms with E-state index in [1.807, 2.05) is 6.08 Å². The summed E-state index contributed by atoms with van der Waals surface area (Å²) in [6.45, 7) is 5.53. The van der Waals surface area contributed by atoms with Gasteiger partial charge in [-0.15, -0.1) is 0 Å². The Hall–Kier alpha value is -1.85. The van der Waals surface area contributed by atoms with E-state index in [2.05, 4.69) is 45.0 Å². The van der Waals surface area contributed by atoms with Crippen LogP contribution in [0.2, 0.25) is 0 Å². The molecule has 4 fully saturated rings. The van der Waals surface area contributed by atoms with Crippen LogP contribution in [0.3, 0.4) is 0 Å². The first-order valence-corrected chi connectivity index (χ1v) is 11.0. The highest BCUT2D eigenvalue weighted by atomic mass is 16.6. The summed E-state index contributed by atoms with van der Waals surface area (Å²) in [5, 5.41) is 0. The van der Waals surface area contributed by atoms with Crippen molar-refractivity contribution < 1.29 is 9.53 Å². The fourth-order valence-electron chi connectivity index (χ4n) is 6.68. The van der Waals surface area contributed by atoms with Crippen LogP contribution in [0.25, 0.3) is 0 Å². The average Bonchev–Trinajstić information content (AvgIpc) is 3.23. The minimum atomic E-state index is -0.287. The molecule has 0 aromatic heterocycles. The summed E-state index contributed by atoms with van der Waals surface area (Å²) in [7, 11) is 0. The maximum atomic E-state index is 12.2. The van der Waals surface area contributed by atoms with Gasteiger partial charge in [0.1, 0.15) is 0 Å². The molecule has 3 saturated heterocycles. The summed E-state index contributed by atoms with van der Waals surface area (Å²) in [5.41, 5.74) is 2.34. The molecule has 1 aliphatic carbocycles. The molecule has 4 heterocycles. The lowest BCUT2D eigenvalue weighted by atomic mass is 9.75. The zero-order chi connectivity index (χ0) is 18.7. The van der Waals surface area contributed by atoms with Gasteiger partial charge in [0.2, 0.25) is 0 Å². The highest BCUT2D eigenvalue weighted by molar-refractivity contribution is 5.87. The van der Waals surface area contributed by atoms with Gasteiger partial charge in [0.25, 0.3) is 0 Å². The number of hydrogen-bond acceptors (Lipinski definition) is 5. The Kier molecular flexibility index (Phi) is 3.85. The molecule has 148 valence electrons. The van der Waals surface area contributed by atoms with Crippen molar-refractivity contribution >= 4 is 11.7 Å². The van der Waals surface area contributed by atoms with Gasteiger partial charge in [-0.1, -0.05) is 24.6 Å². The molecule has 6 rings (SSSR count). The number of piperazine rings is 1. The van der Waals surface area contributed by atoms with Crippen molar-refractivity contribution in [3.05, 3.63) is 42.0 Å². The largest absolute Gasteiger partial charge is 0.450 e. The number of fused-ring (bicyclic) bond motifs is 3. The van der Waals surface area contributed by atoms with Crippen LogP contribution in [0.4, 0.5) is 5.69 Å². The number of benzene rings is 1. The Balaban J connectivity index is 1.24. The number of carbonyl (C=O) groups is 1.